The topological polar surface area (TPSA) is 118 Å². The number of amides is 2. The number of carbonyl (C=O) groups excluding carboxylic acids is 2. The van der Waals surface area contributed by atoms with Crippen molar-refractivity contribution in [2.24, 2.45) is 0 Å². The van der Waals surface area contributed by atoms with Crippen LogP contribution in [-0.4, -0.2) is 47.1 Å². The third-order valence-electron chi connectivity index (χ3n) is 4.05. The zero-order valence-electron chi connectivity index (χ0n) is 15.4. The number of carbonyl (C=O) groups is 3. The van der Waals surface area contributed by atoms with Gasteiger partial charge in [0.2, 0.25) is 5.76 Å². The molecular formula is C19H16N2O7S. The molecule has 0 radical (unpaired) electrons. The Morgan fingerprint density at radius 1 is 1.28 bits per heavy atom. The van der Waals surface area contributed by atoms with E-state index in [0.29, 0.717) is 22.8 Å². The van der Waals surface area contributed by atoms with Crippen LogP contribution in [-0.2, 0) is 16.2 Å². The third kappa shape index (κ3) is 4.27. The second kappa shape index (κ2) is 8.15. The molecule has 2 amide bonds. The van der Waals surface area contributed by atoms with Crippen LogP contribution in [0.1, 0.15) is 21.9 Å². The molecule has 0 bridgehead atoms. The standard InChI is InChI=1S/C19H16N2O7S/c1-21-17(23)12(16(22)20-19(21)29)7-10-3-5-13(15(8-10)26-2)27-9-11-4-6-14(28-11)18(24)25/h3-8H,9H2,1-2H3,(H,24,25)(H,20,22,29). The Morgan fingerprint density at radius 3 is 2.69 bits per heavy atom. The summed E-state index contributed by atoms with van der Waals surface area (Å²) in [5.41, 5.74) is 0.480. The number of nitrogens with zero attached hydrogens (tertiary/aromatic N) is 1. The van der Waals surface area contributed by atoms with Crippen molar-refractivity contribution in [2.45, 2.75) is 6.61 Å². The fraction of sp³-hybridized carbons (Fsp3) is 0.158. The summed E-state index contributed by atoms with van der Waals surface area (Å²) < 4.78 is 16.1. The molecule has 0 aliphatic carbocycles. The number of likely N-dealkylation sites (N-methyl/N-ethyl adjacent to an activating group) is 1. The van der Waals surface area contributed by atoms with Crippen LogP contribution in [0.2, 0.25) is 0 Å². The maximum atomic E-state index is 12.3. The second-order valence-corrected chi connectivity index (χ2v) is 6.34. The van der Waals surface area contributed by atoms with Crippen LogP contribution < -0.4 is 14.8 Å². The summed E-state index contributed by atoms with van der Waals surface area (Å²) in [6, 6.07) is 7.68. The molecule has 0 saturated carbocycles. The van der Waals surface area contributed by atoms with E-state index in [0.717, 1.165) is 0 Å². The number of rotatable bonds is 6. The molecule has 1 fully saturated rings. The Balaban J connectivity index is 1.79. The molecule has 1 aromatic carbocycles. The average molecular weight is 416 g/mol. The summed E-state index contributed by atoms with van der Waals surface area (Å²) in [5, 5.41) is 11.4. The van der Waals surface area contributed by atoms with Crippen LogP contribution in [0.5, 0.6) is 11.5 Å². The minimum Gasteiger partial charge on any atom is -0.493 e. The average Bonchev–Trinajstić information content (AvgIpc) is 3.17. The molecule has 0 spiro atoms. The molecule has 10 heteroatoms. The highest BCUT2D eigenvalue weighted by atomic mass is 32.1. The van der Waals surface area contributed by atoms with E-state index in [1.54, 1.807) is 18.2 Å². The highest BCUT2D eigenvalue weighted by Crippen LogP contribution is 2.30. The number of thiocarbonyl (C=S) groups is 1. The van der Waals surface area contributed by atoms with Crippen molar-refractivity contribution in [3.05, 3.63) is 53.0 Å². The Hall–Kier alpha value is -3.66. The van der Waals surface area contributed by atoms with Crippen LogP contribution in [0.15, 0.2) is 40.3 Å². The van der Waals surface area contributed by atoms with Crippen molar-refractivity contribution in [2.75, 3.05) is 14.2 Å². The van der Waals surface area contributed by atoms with E-state index in [-0.39, 0.29) is 23.1 Å². The number of methoxy groups -OCH3 is 1. The van der Waals surface area contributed by atoms with Gasteiger partial charge in [-0.3, -0.25) is 19.8 Å². The molecule has 2 aromatic rings. The molecule has 1 aromatic heterocycles. The number of aromatic carboxylic acids is 1. The minimum atomic E-state index is -1.17. The fourth-order valence-electron chi connectivity index (χ4n) is 2.52. The Morgan fingerprint density at radius 2 is 2.03 bits per heavy atom. The summed E-state index contributed by atoms with van der Waals surface area (Å²) in [6.45, 7) is -0.00674. The molecule has 0 unspecified atom stereocenters. The highest BCUT2D eigenvalue weighted by molar-refractivity contribution is 7.80. The van der Waals surface area contributed by atoms with E-state index in [2.05, 4.69) is 5.32 Å². The van der Waals surface area contributed by atoms with Crippen molar-refractivity contribution in [1.82, 2.24) is 10.2 Å². The zero-order valence-corrected chi connectivity index (χ0v) is 16.2. The van der Waals surface area contributed by atoms with Crippen LogP contribution in [0.3, 0.4) is 0 Å². The first-order valence-corrected chi connectivity index (χ1v) is 8.69. The summed E-state index contributed by atoms with van der Waals surface area (Å²) in [6.07, 6.45) is 1.42. The van der Waals surface area contributed by atoms with Crippen molar-refractivity contribution < 1.29 is 33.4 Å². The van der Waals surface area contributed by atoms with E-state index in [4.69, 9.17) is 31.2 Å². The van der Waals surface area contributed by atoms with Gasteiger partial charge in [-0.1, -0.05) is 6.07 Å². The number of carboxylic acid groups (broad SMARTS) is 1. The van der Waals surface area contributed by atoms with Gasteiger partial charge in [0.05, 0.1) is 7.11 Å². The van der Waals surface area contributed by atoms with Crippen LogP contribution >= 0.6 is 12.2 Å². The lowest BCUT2D eigenvalue weighted by molar-refractivity contribution is -0.128. The number of hydrogen-bond donors (Lipinski definition) is 2. The molecule has 1 aliphatic heterocycles. The lowest BCUT2D eigenvalue weighted by Gasteiger charge is -2.25. The number of nitrogens with one attached hydrogen (secondary N) is 1. The molecule has 2 N–H and O–H groups in total. The summed E-state index contributed by atoms with van der Waals surface area (Å²) in [7, 11) is 2.92. The Bertz CT molecular complexity index is 1040. The predicted molar refractivity (Wildman–Crippen MR) is 104 cm³/mol. The van der Waals surface area contributed by atoms with Gasteiger partial charge < -0.3 is 19.0 Å². The SMILES string of the molecule is COc1cc(C=C2C(=O)NC(=S)N(C)C2=O)ccc1OCc1ccc(C(=O)O)o1. The van der Waals surface area contributed by atoms with Gasteiger partial charge in [0, 0.05) is 7.05 Å². The molecule has 9 nitrogen and oxygen atoms in total. The quantitative estimate of drug-likeness (QED) is 0.416. The van der Waals surface area contributed by atoms with Gasteiger partial charge in [0.25, 0.3) is 11.8 Å². The smallest absolute Gasteiger partial charge is 0.371 e. The molecule has 150 valence electrons. The van der Waals surface area contributed by atoms with Crippen molar-refractivity contribution in [3.63, 3.8) is 0 Å². The fourth-order valence-corrected chi connectivity index (χ4v) is 2.70. The van der Waals surface area contributed by atoms with Crippen molar-refractivity contribution in [1.29, 1.82) is 0 Å². The summed E-state index contributed by atoms with van der Waals surface area (Å²) in [5.74, 6) is -1.37. The van der Waals surface area contributed by atoms with Crippen LogP contribution in [0, 0.1) is 0 Å². The summed E-state index contributed by atoms with van der Waals surface area (Å²) in [4.78, 5) is 36.4. The van der Waals surface area contributed by atoms with E-state index < -0.39 is 17.8 Å². The third-order valence-corrected chi connectivity index (χ3v) is 4.42. The van der Waals surface area contributed by atoms with Gasteiger partial charge >= 0.3 is 5.97 Å². The number of benzene rings is 1. The summed E-state index contributed by atoms with van der Waals surface area (Å²) >= 11 is 4.91. The maximum absolute atomic E-state index is 12.3. The highest BCUT2D eigenvalue weighted by Gasteiger charge is 2.30. The van der Waals surface area contributed by atoms with E-state index >= 15 is 0 Å². The van der Waals surface area contributed by atoms with Gasteiger partial charge in [0.15, 0.2) is 16.6 Å². The molecular weight excluding hydrogens is 400 g/mol. The van der Waals surface area contributed by atoms with Gasteiger partial charge in [-0.05, 0) is 48.1 Å². The first kappa shape index (κ1) is 20.1. The molecule has 1 aliphatic rings. The molecule has 1 saturated heterocycles. The zero-order chi connectivity index (χ0) is 21.1. The van der Waals surface area contributed by atoms with Crippen LogP contribution in [0.25, 0.3) is 6.08 Å². The first-order chi connectivity index (χ1) is 13.8. The van der Waals surface area contributed by atoms with Gasteiger partial charge in [-0.2, -0.15) is 0 Å². The van der Waals surface area contributed by atoms with E-state index in [9.17, 15) is 14.4 Å². The van der Waals surface area contributed by atoms with Gasteiger partial charge in [-0.25, -0.2) is 4.79 Å². The molecule has 0 atom stereocenters. The minimum absolute atomic E-state index is 0.00674. The number of furan rings is 1. The normalized spacial score (nSPS) is 15.4. The molecule has 29 heavy (non-hydrogen) atoms. The van der Waals surface area contributed by atoms with Gasteiger partial charge in [-0.15, -0.1) is 0 Å². The largest absolute Gasteiger partial charge is 0.493 e. The Kier molecular flexibility index (Phi) is 5.64. The maximum Gasteiger partial charge on any atom is 0.371 e. The van der Waals surface area contributed by atoms with Crippen molar-refractivity contribution in [3.8, 4) is 11.5 Å². The monoisotopic (exact) mass is 416 g/mol. The second-order valence-electron chi connectivity index (χ2n) is 5.95. The number of carboxylic acids is 1. The molecule has 3 rings (SSSR count). The van der Waals surface area contributed by atoms with Gasteiger partial charge in [0.1, 0.15) is 17.9 Å². The van der Waals surface area contributed by atoms with E-state index in [1.165, 1.54) is 37.3 Å². The predicted octanol–water partition coefficient (Wildman–Crippen LogP) is 1.82. The number of hydrogen-bond acceptors (Lipinski definition) is 7. The Labute approximate surface area is 170 Å². The lowest BCUT2D eigenvalue weighted by atomic mass is 10.1. The lowest BCUT2D eigenvalue weighted by Crippen LogP contribution is -2.52. The number of ether oxygens (including phenoxy) is 2. The first-order valence-electron chi connectivity index (χ1n) is 8.28. The van der Waals surface area contributed by atoms with E-state index in [1.807, 2.05) is 0 Å². The van der Waals surface area contributed by atoms with Crippen molar-refractivity contribution >= 4 is 41.2 Å². The molecule has 2 heterocycles. The van der Waals surface area contributed by atoms with Crippen LogP contribution in [0.4, 0.5) is 0 Å².